The molecular formula is C16H26N2O2. The number of para-hydroxylation sites is 1. The highest BCUT2D eigenvalue weighted by Crippen LogP contribution is 2.13. The molecule has 1 amide bonds. The molecule has 1 rings (SSSR count). The van der Waals surface area contributed by atoms with Gasteiger partial charge in [0, 0.05) is 20.1 Å². The summed E-state index contributed by atoms with van der Waals surface area (Å²) < 4.78 is 5.61. The van der Waals surface area contributed by atoms with Gasteiger partial charge in [-0.2, -0.15) is 0 Å². The molecule has 1 aromatic carbocycles. The highest BCUT2D eigenvalue weighted by atomic mass is 16.5. The zero-order chi connectivity index (χ0) is 15.0. The lowest BCUT2D eigenvalue weighted by atomic mass is 9.94. The predicted octanol–water partition coefficient (Wildman–Crippen LogP) is 2.14. The molecule has 0 saturated heterocycles. The summed E-state index contributed by atoms with van der Waals surface area (Å²) in [7, 11) is 1.83. The largest absolute Gasteiger partial charge is 0.494 e. The Morgan fingerprint density at radius 3 is 2.50 bits per heavy atom. The maximum atomic E-state index is 12.2. The monoisotopic (exact) mass is 278 g/mol. The number of amides is 1. The van der Waals surface area contributed by atoms with Crippen LogP contribution in [0.15, 0.2) is 30.3 Å². The summed E-state index contributed by atoms with van der Waals surface area (Å²) in [5.74, 6) is 1.18. The van der Waals surface area contributed by atoms with Crippen LogP contribution in [0.5, 0.6) is 5.75 Å². The second-order valence-corrected chi connectivity index (χ2v) is 5.36. The van der Waals surface area contributed by atoms with E-state index in [-0.39, 0.29) is 17.7 Å². The van der Waals surface area contributed by atoms with Crippen molar-refractivity contribution in [2.45, 2.75) is 20.3 Å². The maximum absolute atomic E-state index is 12.2. The Bertz CT molecular complexity index is 393. The molecular weight excluding hydrogens is 252 g/mol. The third kappa shape index (κ3) is 5.21. The van der Waals surface area contributed by atoms with Crippen molar-refractivity contribution in [3.63, 3.8) is 0 Å². The second-order valence-electron chi connectivity index (χ2n) is 5.36. The van der Waals surface area contributed by atoms with E-state index in [4.69, 9.17) is 10.5 Å². The Kier molecular flexibility index (Phi) is 7.09. The summed E-state index contributed by atoms with van der Waals surface area (Å²) in [4.78, 5) is 13.9. The molecule has 0 aliphatic carbocycles. The maximum Gasteiger partial charge on any atom is 0.226 e. The summed E-state index contributed by atoms with van der Waals surface area (Å²) in [6, 6.07) is 9.70. The molecule has 0 saturated carbocycles. The van der Waals surface area contributed by atoms with Crippen LogP contribution in [0.2, 0.25) is 0 Å². The Labute approximate surface area is 121 Å². The quantitative estimate of drug-likeness (QED) is 0.741. The van der Waals surface area contributed by atoms with Gasteiger partial charge in [-0.1, -0.05) is 32.0 Å². The summed E-state index contributed by atoms with van der Waals surface area (Å²) in [5.41, 5.74) is 5.67. The molecule has 0 aliphatic rings. The van der Waals surface area contributed by atoms with Crippen LogP contribution in [0.4, 0.5) is 0 Å². The minimum absolute atomic E-state index is 0.0879. The second kappa shape index (κ2) is 8.59. The predicted molar refractivity (Wildman–Crippen MR) is 81.6 cm³/mol. The number of ether oxygens (including phenoxy) is 1. The van der Waals surface area contributed by atoms with Crippen molar-refractivity contribution in [1.29, 1.82) is 0 Å². The van der Waals surface area contributed by atoms with Gasteiger partial charge in [0.15, 0.2) is 0 Å². The normalized spacial score (nSPS) is 12.2. The molecule has 0 bridgehead atoms. The Morgan fingerprint density at radius 2 is 1.95 bits per heavy atom. The van der Waals surface area contributed by atoms with E-state index < -0.39 is 0 Å². The molecule has 0 radical (unpaired) electrons. The Morgan fingerprint density at radius 1 is 1.30 bits per heavy atom. The van der Waals surface area contributed by atoms with Crippen LogP contribution < -0.4 is 10.5 Å². The van der Waals surface area contributed by atoms with Gasteiger partial charge in [0.1, 0.15) is 5.75 Å². The standard InChI is InChI=1S/C16H26N2O2/c1-13(2)15(12-17)16(19)18(3)10-7-11-20-14-8-5-4-6-9-14/h4-6,8-9,13,15H,7,10-12,17H2,1-3H3. The molecule has 0 heterocycles. The average molecular weight is 278 g/mol. The number of hydrogen-bond acceptors (Lipinski definition) is 3. The van der Waals surface area contributed by atoms with Crippen LogP contribution in [0.25, 0.3) is 0 Å². The van der Waals surface area contributed by atoms with Crippen LogP contribution >= 0.6 is 0 Å². The fourth-order valence-corrected chi connectivity index (χ4v) is 2.06. The van der Waals surface area contributed by atoms with E-state index in [0.717, 1.165) is 12.2 Å². The lowest BCUT2D eigenvalue weighted by molar-refractivity contribution is -0.135. The molecule has 2 N–H and O–H groups in total. The fraction of sp³-hybridized carbons (Fsp3) is 0.562. The van der Waals surface area contributed by atoms with E-state index >= 15 is 0 Å². The van der Waals surface area contributed by atoms with Crippen molar-refractivity contribution in [2.24, 2.45) is 17.6 Å². The van der Waals surface area contributed by atoms with Gasteiger partial charge >= 0.3 is 0 Å². The van der Waals surface area contributed by atoms with Gasteiger partial charge in [0.05, 0.1) is 12.5 Å². The van der Waals surface area contributed by atoms with Gasteiger partial charge in [0.2, 0.25) is 5.91 Å². The highest BCUT2D eigenvalue weighted by Gasteiger charge is 2.23. The summed E-state index contributed by atoms with van der Waals surface area (Å²) >= 11 is 0. The molecule has 112 valence electrons. The number of rotatable bonds is 8. The van der Waals surface area contributed by atoms with E-state index in [1.807, 2.05) is 51.2 Å². The molecule has 1 aromatic rings. The Balaban J connectivity index is 2.29. The number of benzene rings is 1. The first-order chi connectivity index (χ1) is 9.56. The van der Waals surface area contributed by atoms with Gasteiger partial charge in [-0.05, 0) is 24.5 Å². The van der Waals surface area contributed by atoms with Crippen LogP contribution in [0, 0.1) is 11.8 Å². The molecule has 4 heteroatoms. The van der Waals surface area contributed by atoms with Gasteiger partial charge < -0.3 is 15.4 Å². The SMILES string of the molecule is CC(C)C(CN)C(=O)N(C)CCCOc1ccccc1. The molecule has 4 nitrogen and oxygen atoms in total. The van der Waals surface area contributed by atoms with Crippen molar-refractivity contribution < 1.29 is 9.53 Å². The van der Waals surface area contributed by atoms with E-state index in [9.17, 15) is 4.79 Å². The Hall–Kier alpha value is -1.55. The molecule has 0 aliphatic heterocycles. The van der Waals surface area contributed by atoms with Gasteiger partial charge in [-0.3, -0.25) is 4.79 Å². The van der Waals surface area contributed by atoms with E-state index in [2.05, 4.69) is 0 Å². The van der Waals surface area contributed by atoms with Gasteiger partial charge in [-0.15, -0.1) is 0 Å². The zero-order valence-corrected chi connectivity index (χ0v) is 12.7. The molecule has 20 heavy (non-hydrogen) atoms. The van der Waals surface area contributed by atoms with Crippen LogP contribution in [0.3, 0.4) is 0 Å². The van der Waals surface area contributed by atoms with E-state index in [0.29, 0.717) is 19.7 Å². The van der Waals surface area contributed by atoms with Crippen molar-refractivity contribution >= 4 is 5.91 Å². The smallest absolute Gasteiger partial charge is 0.226 e. The fourth-order valence-electron chi connectivity index (χ4n) is 2.06. The summed E-state index contributed by atoms with van der Waals surface area (Å²) in [6.07, 6.45) is 0.812. The van der Waals surface area contributed by atoms with Crippen LogP contribution in [-0.2, 0) is 4.79 Å². The first kappa shape index (κ1) is 16.5. The van der Waals surface area contributed by atoms with Crippen LogP contribution in [0.1, 0.15) is 20.3 Å². The van der Waals surface area contributed by atoms with E-state index in [1.54, 1.807) is 4.90 Å². The van der Waals surface area contributed by atoms with E-state index in [1.165, 1.54) is 0 Å². The van der Waals surface area contributed by atoms with Gasteiger partial charge in [-0.25, -0.2) is 0 Å². The number of carbonyl (C=O) groups excluding carboxylic acids is 1. The minimum Gasteiger partial charge on any atom is -0.494 e. The molecule has 0 aromatic heterocycles. The zero-order valence-electron chi connectivity index (χ0n) is 12.7. The van der Waals surface area contributed by atoms with Crippen molar-refractivity contribution in [3.8, 4) is 5.75 Å². The lowest BCUT2D eigenvalue weighted by Gasteiger charge is -2.25. The van der Waals surface area contributed by atoms with Gasteiger partial charge in [0.25, 0.3) is 0 Å². The first-order valence-corrected chi connectivity index (χ1v) is 7.19. The minimum atomic E-state index is -0.0879. The highest BCUT2D eigenvalue weighted by molar-refractivity contribution is 5.79. The summed E-state index contributed by atoms with van der Waals surface area (Å²) in [6.45, 7) is 5.76. The van der Waals surface area contributed by atoms with Crippen molar-refractivity contribution in [2.75, 3.05) is 26.7 Å². The van der Waals surface area contributed by atoms with Crippen molar-refractivity contribution in [3.05, 3.63) is 30.3 Å². The molecule has 1 unspecified atom stereocenters. The summed E-state index contributed by atoms with van der Waals surface area (Å²) in [5, 5.41) is 0. The average Bonchev–Trinajstić information content (AvgIpc) is 2.44. The topological polar surface area (TPSA) is 55.6 Å². The third-order valence-electron chi connectivity index (χ3n) is 3.40. The number of nitrogens with zero attached hydrogens (tertiary/aromatic N) is 1. The van der Waals surface area contributed by atoms with Crippen molar-refractivity contribution in [1.82, 2.24) is 4.90 Å². The number of hydrogen-bond donors (Lipinski definition) is 1. The molecule has 0 fully saturated rings. The lowest BCUT2D eigenvalue weighted by Crippen LogP contribution is -2.39. The van der Waals surface area contributed by atoms with Crippen LogP contribution in [-0.4, -0.2) is 37.6 Å². The first-order valence-electron chi connectivity index (χ1n) is 7.19. The molecule has 1 atom stereocenters. The third-order valence-corrected chi connectivity index (χ3v) is 3.40. The number of carbonyl (C=O) groups is 1. The number of nitrogens with two attached hydrogens (primary N) is 1. The molecule has 0 spiro atoms.